The van der Waals surface area contributed by atoms with Crippen molar-refractivity contribution in [2.24, 2.45) is 5.92 Å². The van der Waals surface area contributed by atoms with E-state index in [1.54, 1.807) is 23.8 Å². The van der Waals surface area contributed by atoms with E-state index in [0.717, 1.165) is 37.0 Å². The molecule has 1 aromatic carbocycles. The molecule has 1 amide bonds. The Hall–Kier alpha value is -3.16. The van der Waals surface area contributed by atoms with Crippen LogP contribution in [0.2, 0.25) is 0 Å². The minimum Gasteiger partial charge on any atom is -0.497 e. The smallest absolute Gasteiger partial charge is 0.231 e. The van der Waals surface area contributed by atoms with Gasteiger partial charge in [-0.3, -0.25) is 4.79 Å². The highest BCUT2D eigenvalue weighted by Crippen LogP contribution is 2.24. The summed E-state index contributed by atoms with van der Waals surface area (Å²) in [6.07, 6.45) is 5.51. The van der Waals surface area contributed by atoms with Crippen molar-refractivity contribution in [3.63, 3.8) is 0 Å². The molecule has 8 nitrogen and oxygen atoms in total. The topological polar surface area (TPSA) is 90.6 Å². The van der Waals surface area contributed by atoms with Crippen molar-refractivity contribution in [1.82, 2.24) is 25.1 Å². The van der Waals surface area contributed by atoms with Gasteiger partial charge in [0, 0.05) is 17.5 Å². The van der Waals surface area contributed by atoms with Crippen LogP contribution in [0, 0.1) is 5.92 Å². The quantitative estimate of drug-likeness (QED) is 0.619. The van der Waals surface area contributed by atoms with Crippen LogP contribution in [0.4, 0.5) is 0 Å². The van der Waals surface area contributed by atoms with E-state index in [2.05, 4.69) is 20.6 Å². The lowest BCUT2D eigenvalue weighted by Gasteiger charge is -2.20. The maximum atomic E-state index is 12.2. The molecule has 1 N–H and O–H groups in total. The first kappa shape index (κ1) is 19.2. The Morgan fingerprint density at radius 1 is 1.17 bits per heavy atom. The second-order valence-corrected chi connectivity index (χ2v) is 7.17. The number of amides is 1. The molecule has 1 saturated carbocycles. The second-order valence-electron chi connectivity index (χ2n) is 7.17. The zero-order chi connectivity index (χ0) is 20.1. The van der Waals surface area contributed by atoms with Crippen molar-refractivity contribution in [3.8, 4) is 23.0 Å². The van der Waals surface area contributed by atoms with Gasteiger partial charge >= 0.3 is 0 Å². The van der Waals surface area contributed by atoms with Gasteiger partial charge in [-0.2, -0.15) is 4.52 Å². The van der Waals surface area contributed by atoms with Gasteiger partial charge in [0.25, 0.3) is 0 Å². The highest BCUT2D eigenvalue weighted by atomic mass is 16.5. The molecule has 1 fully saturated rings. The zero-order valence-corrected chi connectivity index (χ0v) is 16.5. The molecular formula is C21H25N5O3. The summed E-state index contributed by atoms with van der Waals surface area (Å²) in [5.41, 5.74) is 1.47. The van der Waals surface area contributed by atoms with Gasteiger partial charge in [-0.1, -0.05) is 31.4 Å². The Morgan fingerprint density at radius 2 is 2.03 bits per heavy atom. The third kappa shape index (κ3) is 4.47. The fourth-order valence-corrected chi connectivity index (χ4v) is 3.63. The molecule has 0 radical (unpaired) electrons. The van der Waals surface area contributed by atoms with Crippen LogP contribution < -0.4 is 14.8 Å². The van der Waals surface area contributed by atoms with Gasteiger partial charge in [0.1, 0.15) is 12.4 Å². The number of carbonyl (C=O) groups excluding carboxylic acids is 1. The van der Waals surface area contributed by atoms with E-state index in [4.69, 9.17) is 9.47 Å². The number of methoxy groups -OCH3 is 1. The van der Waals surface area contributed by atoms with Crippen molar-refractivity contribution in [2.75, 3.05) is 20.3 Å². The highest BCUT2D eigenvalue weighted by molar-refractivity contribution is 5.78. The average Bonchev–Trinajstić information content (AvgIpc) is 3.20. The first-order valence-corrected chi connectivity index (χ1v) is 10.0. The zero-order valence-electron chi connectivity index (χ0n) is 16.5. The summed E-state index contributed by atoms with van der Waals surface area (Å²) in [4.78, 5) is 12.2. The van der Waals surface area contributed by atoms with Gasteiger partial charge in [0.15, 0.2) is 11.5 Å². The van der Waals surface area contributed by atoms with Crippen molar-refractivity contribution in [1.29, 1.82) is 0 Å². The van der Waals surface area contributed by atoms with Crippen molar-refractivity contribution in [2.45, 2.75) is 32.1 Å². The molecule has 1 aliphatic carbocycles. The minimum absolute atomic E-state index is 0.135. The maximum absolute atomic E-state index is 12.2. The highest BCUT2D eigenvalue weighted by Gasteiger charge is 2.20. The first-order chi connectivity index (χ1) is 14.2. The normalized spacial score (nSPS) is 14.7. The molecule has 8 heteroatoms. The lowest BCUT2D eigenvalue weighted by Crippen LogP contribution is -2.34. The lowest BCUT2D eigenvalue weighted by atomic mass is 9.89. The Kier molecular flexibility index (Phi) is 5.88. The molecule has 29 heavy (non-hydrogen) atoms. The van der Waals surface area contributed by atoms with Crippen LogP contribution in [-0.2, 0) is 4.79 Å². The summed E-state index contributed by atoms with van der Waals surface area (Å²) in [5.74, 6) is 2.08. The number of nitrogens with one attached hydrogen (secondary N) is 1. The molecule has 4 rings (SSSR count). The molecule has 0 atom stereocenters. The molecule has 152 valence electrons. The Balaban J connectivity index is 1.39. The van der Waals surface area contributed by atoms with Crippen LogP contribution in [0.25, 0.3) is 17.0 Å². The number of fused-ring (bicyclic) bond motifs is 1. The third-order valence-corrected chi connectivity index (χ3v) is 5.19. The Morgan fingerprint density at radius 3 is 2.86 bits per heavy atom. The van der Waals surface area contributed by atoms with Crippen molar-refractivity contribution >= 4 is 11.6 Å². The van der Waals surface area contributed by atoms with Gasteiger partial charge in [0.05, 0.1) is 13.7 Å². The monoisotopic (exact) mass is 395 g/mol. The number of aromatic nitrogens is 4. The van der Waals surface area contributed by atoms with Crippen LogP contribution in [0.3, 0.4) is 0 Å². The number of ether oxygens (including phenoxy) is 2. The molecule has 0 saturated heterocycles. The molecule has 3 aromatic rings. The largest absolute Gasteiger partial charge is 0.497 e. The number of hydrogen-bond acceptors (Lipinski definition) is 6. The molecule has 0 unspecified atom stereocenters. The minimum atomic E-state index is 0.135. The van der Waals surface area contributed by atoms with E-state index in [0.29, 0.717) is 30.5 Å². The van der Waals surface area contributed by atoms with E-state index >= 15 is 0 Å². The molecule has 1 aliphatic rings. The SMILES string of the molecule is COc1cccc(-c2nnc3ccc(OCCNC(=O)C4CCCCC4)nn23)c1. The van der Waals surface area contributed by atoms with E-state index in [9.17, 15) is 4.79 Å². The van der Waals surface area contributed by atoms with Crippen LogP contribution >= 0.6 is 0 Å². The Labute approximate surface area is 169 Å². The predicted octanol–water partition coefficient (Wildman–Crippen LogP) is 2.88. The van der Waals surface area contributed by atoms with Crippen molar-refractivity contribution in [3.05, 3.63) is 36.4 Å². The van der Waals surface area contributed by atoms with Gasteiger partial charge in [-0.05, 0) is 31.0 Å². The summed E-state index contributed by atoms with van der Waals surface area (Å²) in [6, 6.07) is 11.1. The standard InChI is InChI=1S/C21H25N5O3/c1-28-17-9-5-8-16(14-17)20-24-23-18-10-11-19(25-26(18)20)29-13-12-22-21(27)15-6-3-2-4-7-15/h5,8-11,14-15H,2-4,6-7,12-13H2,1H3,(H,22,27). The summed E-state index contributed by atoms with van der Waals surface area (Å²) >= 11 is 0. The molecule has 0 spiro atoms. The maximum Gasteiger partial charge on any atom is 0.231 e. The first-order valence-electron chi connectivity index (χ1n) is 10.0. The van der Waals surface area contributed by atoms with Crippen LogP contribution in [0.5, 0.6) is 11.6 Å². The van der Waals surface area contributed by atoms with E-state index in [1.807, 2.05) is 24.3 Å². The number of rotatable bonds is 7. The number of carbonyl (C=O) groups is 1. The van der Waals surface area contributed by atoms with E-state index in [-0.39, 0.29) is 11.8 Å². The lowest BCUT2D eigenvalue weighted by molar-refractivity contribution is -0.126. The molecule has 2 aromatic heterocycles. The second kappa shape index (κ2) is 8.89. The van der Waals surface area contributed by atoms with Crippen molar-refractivity contribution < 1.29 is 14.3 Å². The molecule has 0 bridgehead atoms. The predicted molar refractivity (Wildman–Crippen MR) is 108 cm³/mol. The number of benzene rings is 1. The van der Waals surface area contributed by atoms with Crippen LogP contribution in [0.15, 0.2) is 36.4 Å². The fraction of sp³-hybridized carbons (Fsp3) is 0.429. The summed E-state index contributed by atoms with van der Waals surface area (Å²) in [6.45, 7) is 0.813. The van der Waals surface area contributed by atoms with Gasteiger partial charge in [-0.25, -0.2) is 0 Å². The summed E-state index contributed by atoms with van der Waals surface area (Å²) in [5, 5.41) is 15.9. The van der Waals surface area contributed by atoms with Gasteiger partial charge < -0.3 is 14.8 Å². The molecule has 0 aliphatic heterocycles. The van der Waals surface area contributed by atoms with Crippen LogP contribution in [0.1, 0.15) is 32.1 Å². The van der Waals surface area contributed by atoms with Crippen LogP contribution in [-0.4, -0.2) is 46.0 Å². The average molecular weight is 395 g/mol. The fourth-order valence-electron chi connectivity index (χ4n) is 3.63. The number of hydrogen-bond donors (Lipinski definition) is 1. The molecular weight excluding hydrogens is 370 g/mol. The third-order valence-electron chi connectivity index (χ3n) is 5.19. The summed E-state index contributed by atoms with van der Waals surface area (Å²) in [7, 11) is 1.62. The molecule has 2 heterocycles. The Bertz CT molecular complexity index is 981. The number of nitrogens with zero attached hydrogens (tertiary/aromatic N) is 4. The van der Waals surface area contributed by atoms with E-state index < -0.39 is 0 Å². The summed E-state index contributed by atoms with van der Waals surface area (Å²) < 4.78 is 12.7. The van der Waals surface area contributed by atoms with E-state index in [1.165, 1.54) is 6.42 Å². The van der Waals surface area contributed by atoms with Gasteiger partial charge in [-0.15, -0.1) is 15.3 Å². The van der Waals surface area contributed by atoms with Gasteiger partial charge in [0.2, 0.25) is 11.8 Å².